The first-order chi connectivity index (χ1) is 9.58. The van der Waals surface area contributed by atoms with Crippen LogP contribution in [0.25, 0.3) is 5.69 Å². The molecule has 0 saturated heterocycles. The van der Waals surface area contributed by atoms with E-state index < -0.39 is 11.2 Å². The average Bonchev–Trinajstić information content (AvgIpc) is 2.41. The summed E-state index contributed by atoms with van der Waals surface area (Å²) in [6, 6.07) is 3.20. The SMILES string of the molecule is CCOc1ccc(-n2c(=O)[nH]c(Cl)c(CC)c2=O)cn1. The van der Waals surface area contributed by atoms with Crippen molar-refractivity contribution in [3.8, 4) is 11.6 Å². The van der Waals surface area contributed by atoms with Gasteiger partial charge in [0.05, 0.1) is 24.1 Å². The van der Waals surface area contributed by atoms with Crippen molar-refractivity contribution in [2.75, 3.05) is 6.61 Å². The molecule has 0 aliphatic carbocycles. The van der Waals surface area contributed by atoms with E-state index in [1.165, 1.54) is 6.20 Å². The molecule has 0 fully saturated rings. The van der Waals surface area contributed by atoms with Crippen molar-refractivity contribution in [1.29, 1.82) is 0 Å². The highest BCUT2D eigenvalue weighted by Gasteiger charge is 2.12. The number of nitrogens with one attached hydrogen (secondary N) is 1. The first-order valence-corrected chi connectivity index (χ1v) is 6.59. The Morgan fingerprint density at radius 2 is 2.10 bits per heavy atom. The van der Waals surface area contributed by atoms with Gasteiger partial charge in [0.2, 0.25) is 5.88 Å². The maximum Gasteiger partial charge on any atom is 0.334 e. The van der Waals surface area contributed by atoms with E-state index in [-0.39, 0.29) is 5.15 Å². The Morgan fingerprint density at radius 1 is 1.35 bits per heavy atom. The summed E-state index contributed by atoms with van der Waals surface area (Å²) >= 11 is 5.86. The lowest BCUT2D eigenvalue weighted by molar-refractivity contribution is 0.327. The smallest absolute Gasteiger partial charge is 0.334 e. The molecule has 0 aromatic carbocycles. The van der Waals surface area contributed by atoms with Crippen molar-refractivity contribution in [1.82, 2.24) is 14.5 Å². The van der Waals surface area contributed by atoms with Crippen LogP contribution in [0.5, 0.6) is 5.88 Å². The second-order valence-corrected chi connectivity index (χ2v) is 4.38. The van der Waals surface area contributed by atoms with Crippen molar-refractivity contribution in [3.63, 3.8) is 0 Å². The van der Waals surface area contributed by atoms with Crippen molar-refractivity contribution >= 4 is 11.6 Å². The topological polar surface area (TPSA) is 77.0 Å². The van der Waals surface area contributed by atoms with E-state index in [4.69, 9.17) is 16.3 Å². The third-order valence-electron chi connectivity index (χ3n) is 2.77. The Hall–Kier alpha value is -2.08. The lowest BCUT2D eigenvalue weighted by Gasteiger charge is -2.08. The van der Waals surface area contributed by atoms with Gasteiger partial charge in [-0.15, -0.1) is 0 Å². The molecule has 0 radical (unpaired) electrons. The average molecular weight is 296 g/mol. The Labute approximate surface area is 120 Å². The van der Waals surface area contributed by atoms with E-state index in [1.807, 2.05) is 6.92 Å². The van der Waals surface area contributed by atoms with Crippen LogP contribution in [-0.2, 0) is 6.42 Å². The molecule has 1 N–H and O–H groups in total. The molecule has 2 aromatic rings. The molecule has 6 nitrogen and oxygen atoms in total. The number of aromatic nitrogens is 3. The van der Waals surface area contributed by atoms with Crippen LogP contribution < -0.4 is 16.0 Å². The summed E-state index contributed by atoms with van der Waals surface area (Å²) < 4.78 is 6.22. The monoisotopic (exact) mass is 295 g/mol. The standard InChI is InChI=1S/C13H14ClN3O3/c1-3-9-11(14)16-13(19)17(12(9)18)8-5-6-10(15-7-8)20-4-2/h5-7H,3-4H2,1-2H3,(H,16,19). The summed E-state index contributed by atoms with van der Waals surface area (Å²) in [5, 5.41) is 0.0812. The van der Waals surface area contributed by atoms with Crippen molar-refractivity contribution in [2.45, 2.75) is 20.3 Å². The third kappa shape index (κ3) is 2.60. The Kier molecular flexibility index (Phi) is 4.24. The Morgan fingerprint density at radius 3 is 2.65 bits per heavy atom. The van der Waals surface area contributed by atoms with Crippen LogP contribution in [0.2, 0.25) is 5.15 Å². The summed E-state index contributed by atoms with van der Waals surface area (Å²) in [7, 11) is 0. The van der Waals surface area contributed by atoms with Crippen LogP contribution in [0.15, 0.2) is 27.9 Å². The molecule has 0 bridgehead atoms. The zero-order valence-corrected chi connectivity index (χ0v) is 11.9. The lowest BCUT2D eigenvalue weighted by atomic mass is 10.2. The number of hydrogen-bond donors (Lipinski definition) is 1. The highest BCUT2D eigenvalue weighted by molar-refractivity contribution is 6.30. The number of ether oxygens (including phenoxy) is 1. The van der Waals surface area contributed by atoms with Gasteiger partial charge in [-0.1, -0.05) is 18.5 Å². The highest BCUT2D eigenvalue weighted by atomic mass is 35.5. The fourth-order valence-corrected chi connectivity index (χ4v) is 2.12. The molecule has 0 saturated carbocycles. The van der Waals surface area contributed by atoms with Gasteiger partial charge in [-0.25, -0.2) is 14.3 Å². The third-order valence-corrected chi connectivity index (χ3v) is 3.09. The van der Waals surface area contributed by atoms with Crippen LogP contribution in [0.4, 0.5) is 0 Å². The Balaban J connectivity index is 2.58. The molecular formula is C13H14ClN3O3. The fourth-order valence-electron chi connectivity index (χ4n) is 1.83. The number of pyridine rings is 1. The molecule has 106 valence electrons. The molecule has 7 heteroatoms. The summed E-state index contributed by atoms with van der Waals surface area (Å²) in [6.07, 6.45) is 1.84. The van der Waals surface area contributed by atoms with Crippen LogP contribution >= 0.6 is 11.6 Å². The summed E-state index contributed by atoms with van der Waals surface area (Å²) in [4.78, 5) is 30.6. The van der Waals surface area contributed by atoms with Crippen molar-refractivity contribution in [3.05, 3.63) is 49.9 Å². The number of hydrogen-bond acceptors (Lipinski definition) is 4. The van der Waals surface area contributed by atoms with Gasteiger partial charge in [-0.2, -0.15) is 0 Å². The number of halogens is 1. The quantitative estimate of drug-likeness (QED) is 0.868. The molecule has 0 spiro atoms. The van der Waals surface area contributed by atoms with Crippen LogP contribution in [0, 0.1) is 0 Å². The number of nitrogens with zero attached hydrogens (tertiary/aromatic N) is 2. The zero-order valence-electron chi connectivity index (χ0n) is 11.1. The molecule has 0 aliphatic rings. The van der Waals surface area contributed by atoms with Gasteiger partial charge >= 0.3 is 5.69 Å². The molecule has 0 unspecified atom stereocenters. The van der Waals surface area contributed by atoms with Gasteiger partial charge in [-0.05, 0) is 19.4 Å². The van der Waals surface area contributed by atoms with E-state index in [1.54, 1.807) is 19.1 Å². The molecular weight excluding hydrogens is 282 g/mol. The highest BCUT2D eigenvalue weighted by Crippen LogP contribution is 2.11. The second-order valence-electron chi connectivity index (χ2n) is 4.00. The fraction of sp³-hybridized carbons (Fsp3) is 0.308. The van der Waals surface area contributed by atoms with Crippen molar-refractivity contribution < 1.29 is 4.74 Å². The minimum Gasteiger partial charge on any atom is -0.478 e. The van der Waals surface area contributed by atoms with E-state index in [2.05, 4.69) is 9.97 Å². The molecule has 2 rings (SSSR count). The van der Waals surface area contributed by atoms with Crippen LogP contribution in [0.1, 0.15) is 19.4 Å². The maximum absolute atomic E-state index is 12.3. The number of rotatable bonds is 4. The number of aromatic amines is 1. The summed E-state index contributed by atoms with van der Waals surface area (Å²) in [5.41, 5.74) is -0.304. The lowest BCUT2D eigenvalue weighted by Crippen LogP contribution is -2.36. The first-order valence-electron chi connectivity index (χ1n) is 6.21. The van der Waals surface area contributed by atoms with Gasteiger partial charge in [0, 0.05) is 6.07 Å². The van der Waals surface area contributed by atoms with Crippen LogP contribution in [0.3, 0.4) is 0 Å². The first kappa shape index (κ1) is 14.3. The van der Waals surface area contributed by atoms with Crippen molar-refractivity contribution in [2.24, 2.45) is 0 Å². The summed E-state index contributed by atoms with van der Waals surface area (Å²) in [5.74, 6) is 0.436. The van der Waals surface area contributed by atoms with Gasteiger partial charge < -0.3 is 4.74 Å². The van der Waals surface area contributed by atoms with E-state index in [0.29, 0.717) is 30.2 Å². The van der Waals surface area contributed by atoms with Gasteiger partial charge in [0.1, 0.15) is 5.15 Å². The number of H-pyrrole nitrogens is 1. The normalized spacial score (nSPS) is 10.6. The largest absolute Gasteiger partial charge is 0.478 e. The van der Waals surface area contributed by atoms with Gasteiger partial charge in [-0.3, -0.25) is 9.78 Å². The second kappa shape index (κ2) is 5.92. The van der Waals surface area contributed by atoms with Gasteiger partial charge in [0.15, 0.2) is 0 Å². The van der Waals surface area contributed by atoms with E-state index in [0.717, 1.165) is 4.57 Å². The van der Waals surface area contributed by atoms with Crippen LogP contribution in [-0.4, -0.2) is 21.1 Å². The minimum absolute atomic E-state index is 0.0812. The minimum atomic E-state index is -0.594. The predicted octanol–water partition coefficient (Wildman–Crippen LogP) is 1.54. The predicted molar refractivity (Wildman–Crippen MR) is 76.0 cm³/mol. The van der Waals surface area contributed by atoms with E-state index in [9.17, 15) is 9.59 Å². The molecule has 0 aliphatic heterocycles. The zero-order chi connectivity index (χ0) is 14.7. The molecule has 20 heavy (non-hydrogen) atoms. The maximum atomic E-state index is 12.3. The Bertz CT molecular complexity index is 719. The summed E-state index contributed by atoms with van der Waals surface area (Å²) in [6.45, 7) is 4.13. The van der Waals surface area contributed by atoms with E-state index >= 15 is 0 Å². The molecule has 2 heterocycles. The van der Waals surface area contributed by atoms with Gasteiger partial charge in [0.25, 0.3) is 5.56 Å². The molecule has 0 amide bonds. The molecule has 2 aromatic heterocycles. The molecule has 0 atom stereocenters.